The number of methoxy groups -OCH3 is 2. The number of rotatable bonds is 4. The van der Waals surface area contributed by atoms with E-state index in [9.17, 15) is 9.18 Å². The highest BCUT2D eigenvalue weighted by atomic mass is 32.1. The molecule has 0 radical (unpaired) electrons. The van der Waals surface area contributed by atoms with Crippen molar-refractivity contribution in [2.45, 2.75) is 12.5 Å². The Balaban J connectivity index is 1.77. The van der Waals surface area contributed by atoms with Gasteiger partial charge in [0.1, 0.15) is 17.3 Å². The average molecular weight is 397 g/mol. The molecule has 1 aromatic heterocycles. The van der Waals surface area contributed by atoms with Crippen LogP contribution in [-0.4, -0.2) is 31.6 Å². The molecule has 28 heavy (non-hydrogen) atoms. The molecule has 0 saturated carbocycles. The Hall–Kier alpha value is -2.86. The van der Waals surface area contributed by atoms with E-state index in [0.717, 1.165) is 17.5 Å². The Morgan fingerprint density at radius 3 is 2.39 bits per heavy atom. The largest absolute Gasteiger partial charge is 0.497 e. The van der Waals surface area contributed by atoms with Crippen molar-refractivity contribution in [3.63, 3.8) is 0 Å². The fourth-order valence-corrected chi connectivity index (χ4v) is 4.54. The van der Waals surface area contributed by atoms with Gasteiger partial charge in [-0.25, -0.2) is 4.39 Å². The second-order valence-electron chi connectivity index (χ2n) is 6.60. The van der Waals surface area contributed by atoms with Crippen LogP contribution in [0.25, 0.3) is 0 Å². The summed E-state index contributed by atoms with van der Waals surface area (Å²) in [5, 5.41) is 2.05. The predicted molar refractivity (Wildman–Crippen MR) is 107 cm³/mol. The molecule has 1 atom stereocenters. The number of thiophene rings is 1. The Bertz CT molecular complexity index is 977. The van der Waals surface area contributed by atoms with Crippen LogP contribution in [0.4, 0.5) is 4.39 Å². The summed E-state index contributed by atoms with van der Waals surface area (Å²) in [7, 11) is 3.12. The molecule has 144 valence electrons. The van der Waals surface area contributed by atoms with Crippen LogP contribution in [0.15, 0.2) is 53.9 Å². The molecule has 6 heteroatoms. The van der Waals surface area contributed by atoms with Gasteiger partial charge in [0.15, 0.2) is 0 Å². The van der Waals surface area contributed by atoms with Gasteiger partial charge in [-0.05, 0) is 53.3 Å². The lowest BCUT2D eigenvalue weighted by atomic mass is 9.92. The van der Waals surface area contributed by atoms with Gasteiger partial charge in [-0.3, -0.25) is 4.79 Å². The fourth-order valence-electron chi connectivity index (χ4n) is 3.64. The minimum Gasteiger partial charge on any atom is -0.497 e. The van der Waals surface area contributed by atoms with Crippen molar-refractivity contribution in [3.05, 3.63) is 81.3 Å². The van der Waals surface area contributed by atoms with Gasteiger partial charge in [0.05, 0.1) is 20.3 Å². The van der Waals surface area contributed by atoms with Gasteiger partial charge in [0.2, 0.25) is 0 Å². The summed E-state index contributed by atoms with van der Waals surface area (Å²) in [5.74, 6) is 0.729. The van der Waals surface area contributed by atoms with Crippen molar-refractivity contribution in [2.75, 3.05) is 20.8 Å². The molecule has 3 aromatic rings. The minimum atomic E-state index is -0.291. The molecule has 0 unspecified atom stereocenters. The van der Waals surface area contributed by atoms with Gasteiger partial charge in [-0.1, -0.05) is 12.1 Å². The Labute approximate surface area is 167 Å². The number of carbonyl (C=O) groups is 1. The van der Waals surface area contributed by atoms with E-state index in [1.54, 1.807) is 55.9 Å². The molecule has 1 aliphatic rings. The smallest absolute Gasteiger partial charge is 0.254 e. The third-order valence-electron chi connectivity index (χ3n) is 5.01. The lowest BCUT2D eigenvalue weighted by molar-refractivity contribution is 0.0695. The van der Waals surface area contributed by atoms with E-state index >= 15 is 0 Å². The van der Waals surface area contributed by atoms with E-state index < -0.39 is 0 Å². The van der Waals surface area contributed by atoms with Crippen molar-refractivity contribution >= 4 is 17.2 Å². The van der Waals surface area contributed by atoms with Crippen LogP contribution in [-0.2, 0) is 6.42 Å². The van der Waals surface area contributed by atoms with Gasteiger partial charge in [0, 0.05) is 23.1 Å². The molecule has 0 fully saturated rings. The molecule has 2 aromatic carbocycles. The minimum absolute atomic E-state index is 0.108. The summed E-state index contributed by atoms with van der Waals surface area (Å²) < 4.78 is 24.1. The summed E-state index contributed by atoms with van der Waals surface area (Å²) in [5.41, 5.74) is 2.50. The highest BCUT2D eigenvalue weighted by Crippen LogP contribution is 2.39. The molecular weight excluding hydrogens is 377 g/mol. The van der Waals surface area contributed by atoms with Crippen LogP contribution in [0, 0.1) is 5.82 Å². The first kappa shape index (κ1) is 18.5. The lowest BCUT2D eigenvalue weighted by Crippen LogP contribution is -2.40. The zero-order valence-electron chi connectivity index (χ0n) is 15.6. The number of nitrogens with zero attached hydrogens (tertiary/aromatic N) is 1. The number of hydrogen-bond acceptors (Lipinski definition) is 4. The van der Waals surface area contributed by atoms with Crippen LogP contribution in [0.5, 0.6) is 11.5 Å². The van der Waals surface area contributed by atoms with E-state index in [1.165, 1.54) is 17.0 Å². The van der Waals surface area contributed by atoms with Crippen molar-refractivity contribution in [1.82, 2.24) is 4.90 Å². The van der Waals surface area contributed by atoms with E-state index in [-0.39, 0.29) is 17.8 Å². The molecule has 4 rings (SSSR count). The van der Waals surface area contributed by atoms with Gasteiger partial charge in [-0.2, -0.15) is 0 Å². The van der Waals surface area contributed by atoms with E-state index in [1.807, 2.05) is 10.3 Å². The molecule has 0 saturated heterocycles. The highest BCUT2D eigenvalue weighted by molar-refractivity contribution is 7.10. The fraction of sp³-hybridized carbons (Fsp3) is 0.227. The van der Waals surface area contributed by atoms with Crippen LogP contribution in [0.1, 0.15) is 32.4 Å². The maximum atomic E-state index is 13.5. The summed E-state index contributed by atoms with van der Waals surface area (Å²) in [6, 6.07) is 13.4. The Kier molecular flexibility index (Phi) is 5.05. The average Bonchev–Trinajstić information content (AvgIpc) is 3.21. The van der Waals surface area contributed by atoms with Gasteiger partial charge < -0.3 is 14.4 Å². The number of hydrogen-bond donors (Lipinski definition) is 0. The zero-order chi connectivity index (χ0) is 19.7. The number of amides is 1. The molecule has 0 N–H and O–H groups in total. The monoisotopic (exact) mass is 397 g/mol. The topological polar surface area (TPSA) is 38.8 Å². The number of ether oxygens (including phenoxy) is 2. The molecule has 4 nitrogen and oxygen atoms in total. The van der Waals surface area contributed by atoms with Crippen molar-refractivity contribution in [1.29, 1.82) is 0 Å². The molecule has 0 spiro atoms. The Morgan fingerprint density at radius 2 is 1.75 bits per heavy atom. The molecule has 0 aliphatic carbocycles. The van der Waals surface area contributed by atoms with Gasteiger partial charge >= 0.3 is 0 Å². The first-order valence-electron chi connectivity index (χ1n) is 8.96. The third kappa shape index (κ3) is 3.36. The van der Waals surface area contributed by atoms with Crippen molar-refractivity contribution < 1.29 is 18.7 Å². The number of benzene rings is 2. The maximum absolute atomic E-state index is 13.5. The van der Waals surface area contributed by atoms with Crippen LogP contribution in [0.3, 0.4) is 0 Å². The summed E-state index contributed by atoms with van der Waals surface area (Å²) >= 11 is 1.70. The first-order valence-corrected chi connectivity index (χ1v) is 9.84. The second-order valence-corrected chi connectivity index (χ2v) is 7.60. The van der Waals surface area contributed by atoms with Gasteiger partial charge in [0.25, 0.3) is 5.91 Å². The SMILES string of the molecule is COc1cc(OC)cc(C(=O)N2CCc3sccc3[C@H]2c2ccc(F)cc2)c1. The third-order valence-corrected chi connectivity index (χ3v) is 6.01. The van der Waals surface area contributed by atoms with Crippen LogP contribution in [0.2, 0.25) is 0 Å². The lowest BCUT2D eigenvalue weighted by Gasteiger charge is -2.36. The van der Waals surface area contributed by atoms with Crippen molar-refractivity contribution in [3.8, 4) is 11.5 Å². The van der Waals surface area contributed by atoms with Crippen LogP contribution < -0.4 is 9.47 Å². The number of halogens is 1. The summed E-state index contributed by atoms with van der Waals surface area (Å²) in [6.07, 6.45) is 0.803. The van der Waals surface area contributed by atoms with Crippen molar-refractivity contribution in [2.24, 2.45) is 0 Å². The van der Waals surface area contributed by atoms with E-state index in [2.05, 4.69) is 6.07 Å². The first-order chi connectivity index (χ1) is 13.6. The normalized spacial score (nSPS) is 15.8. The quantitative estimate of drug-likeness (QED) is 0.641. The molecule has 1 aliphatic heterocycles. The Morgan fingerprint density at radius 1 is 1.07 bits per heavy atom. The summed E-state index contributed by atoms with van der Waals surface area (Å²) in [6.45, 7) is 0.591. The second kappa shape index (κ2) is 7.64. The predicted octanol–water partition coefficient (Wildman–Crippen LogP) is 4.69. The zero-order valence-corrected chi connectivity index (χ0v) is 16.5. The molecular formula is C22H20FNO3S. The van der Waals surface area contributed by atoms with Crippen LogP contribution >= 0.6 is 11.3 Å². The molecule has 0 bridgehead atoms. The number of carbonyl (C=O) groups excluding carboxylic acids is 1. The summed E-state index contributed by atoms with van der Waals surface area (Å²) in [4.78, 5) is 16.6. The molecule has 1 amide bonds. The molecule has 2 heterocycles. The van der Waals surface area contributed by atoms with E-state index in [4.69, 9.17) is 9.47 Å². The highest BCUT2D eigenvalue weighted by Gasteiger charge is 2.33. The number of fused-ring (bicyclic) bond motifs is 1. The van der Waals surface area contributed by atoms with E-state index in [0.29, 0.717) is 23.6 Å². The standard InChI is InChI=1S/C22H20FNO3S/c1-26-17-11-15(12-18(13-17)27-2)22(25)24-9-7-20-19(8-10-28-20)21(24)14-3-5-16(23)6-4-14/h3-6,8,10-13,21H,7,9H2,1-2H3/t21-/m1/s1. The van der Waals surface area contributed by atoms with Gasteiger partial charge in [-0.15, -0.1) is 11.3 Å². The maximum Gasteiger partial charge on any atom is 0.254 e.